The summed E-state index contributed by atoms with van der Waals surface area (Å²) in [5, 5.41) is 15.7. The van der Waals surface area contributed by atoms with E-state index in [9.17, 15) is 4.79 Å². The summed E-state index contributed by atoms with van der Waals surface area (Å²) >= 11 is 0. The van der Waals surface area contributed by atoms with E-state index in [1.165, 1.54) is 10.9 Å². The summed E-state index contributed by atoms with van der Waals surface area (Å²) < 4.78 is 6.41. The highest BCUT2D eigenvalue weighted by atomic mass is 16.5. The first kappa shape index (κ1) is 10.6. The van der Waals surface area contributed by atoms with E-state index in [0.29, 0.717) is 13.2 Å². The standard InChI is InChI=1S/C8H13N3O3/c1-14-5-3-2-4-11-6-7(8(12)13)9-10-11/h6H,2-5H2,1H3,(H,12,13). The van der Waals surface area contributed by atoms with Crippen LogP contribution < -0.4 is 0 Å². The van der Waals surface area contributed by atoms with Crippen LogP contribution in [0, 0.1) is 0 Å². The number of carboxylic acid groups (broad SMARTS) is 1. The normalized spacial score (nSPS) is 10.4. The van der Waals surface area contributed by atoms with Gasteiger partial charge in [0, 0.05) is 20.3 Å². The number of hydrogen-bond acceptors (Lipinski definition) is 4. The molecule has 0 radical (unpaired) electrons. The van der Waals surface area contributed by atoms with Crippen molar-refractivity contribution in [1.29, 1.82) is 0 Å². The number of aryl methyl sites for hydroxylation is 1. The highest BCUT2D eigenvalue weighted by molar-refractivity contribution is 5.84. The maximum absolute atomic E-state index is 10.5. The lowest BCUT2D eigenvalue weighted by Crippen LogP contribution is -2.00. The summed E-state index contributed by atoms with van der Waals surface area (Å²) in [5.41, 5.74) is -0.0169. The molecule has 0 unspecified atom stereocenters. The van der Waals surface area contributed by atoms with Gasteiger partial charge in [0.15, 0.2) is 5.69 Å². The van der Waals surface area contributed by atoms with Crippen molar-refractivity contribution in [2.75, 3.05) is 13.7 Å². The SMILES string of the molecule is COCCCCn1cc(C(=O)O)nn1. The molecule has 78 valence electrons. The summed E-state index contributed by atoms with van der Waals surface area (Å²) in [6.07, 6.45) is 3.25. The van der Waals surface area contributed by atoms with Gasteiger partial charge in [-0.05, 0) is 12.8 Å². The van der Waals surface area contributed by atoms with E-state index >= 15 is 0 Å². The van der Waals surface area contributed by atoms with Crippen LogP contribution in [-0.2, 0) is 11.3 Å². The Kier molecular flexibility index (Phi) is 4.06. The van der Waals surface area contributed by atoms with E-state index in [2.05, 4.69) is 10.3 Å². The molecule has 0 aromatic carbocycles. The van der Waals surface area contributed by atoms with Crippen LogP contribution >= 0.6 is 0 Å². The van der Waals surface area contributed by atoms with E-state index in [1.54, 1.807) is 7.11 Å². The number of rotatable bonds is 6. The Balaban J connectivity index is 2.33. The first-order valence-corrected chi connectivity index (χ1v) is 4.36. The first-order valence-electron chi connectivity index (χ1n) is 4.36. The van der Waals surface area contributed by atoms with Crippen molar-refractivity contribution in [3.8, 4) is 0 Å². The summed E-state index contributed by atoms with van der Waals surface area (Å²) in [6, 6.07) is 0. The molecule has 0 aliphatic carbocycles. The van der Waals surface area contributed by atoms with Crippen LogP contribution in [0.4, 0.5) is 0 Å². The number of unbranched alkanes of at least 4 members (excludes halogenated alkanes) is 1. The fourth-order valence-corrected chi connectivity index (χ4v) is 1.03. The zero-order valence-electron chi connectivity index (χ0n) is 8.01. The lowest BCUT2D eigenvalue weighted by molar-refractivity contribution is 0.0690. The Labute approximate surface area is 81.5 Å². The summed E-state index contributed by atoms with van der Waals surface area (Å²) in [6.45, 7) is 1.38. The van der Waals surface area contributed by atoms with Crippen molar-refractivity contribution >= 4 is 5.97 Å². The molecule has 1 aromatic rings. The van der Waals surface area contributed by atoms with Gasteiger partial charge < -0.3 is 9.84 Å². The number of methoxy groups -OCH3 is 1. The highest BCUT2D eigenvalue weighted by Gasteiger charge is 2.07. The third kappa shape index (κ3) is 3.14. The lowest BCUT2D eigenvalue weighted by atomic mass is 10.3. The van der Waals surface area contributed by atoms with E-state index in [1.807, 2.05) is 0 Å². The molecule has 1 heterocycles. The fraction of sp³-hybridized carbons (Fsp3) is 0.625. The highest BCUT2D eigenvalue weighted by Crippen LogP contribution is 1.97. The van der Waals surface area contributed by atoms with Gasteiger partial charge in [-0.1, -0.05) is 5.21 Å². The zero-order chi connectivity index (χ0) is 10.4. The monoisotopic (exact) mass is 199 g/mol. The fourth-order valence-electron chi connectivity index (χ4n) is 1.03. The third-order valence-electron chi connectivity index (χ3n) is 1.74. The van der Waals surface area contributed by atoms with E-state index in [-0.39, 0.29) is 5.69 Å². The Bertz CT molecular complexity index is 298. The van der Waals surface area contributed by atoms with Crippen LogP contribution in [0.5, 0.6) is 0 Å². The summed E-state index contributed by atoms with van der Waals surface area (Å²) in [4.78, 5) is 10.5. The van der Waals surface area contributed by atoms with Gasteiger partial charge in [-0.25, -0.2) is 4.79 Å². The van der Waals surface area contributed by atoms with Crippen LogP contribution in [0.1, 0.15) is 23.3 Å². The molecular formula is C8H13N3O3. The third-order valence-corrected chi connectivity index (χ3v) is 1.74. The molecule has 0 aliphatic heterocycles. The quantitative estimate of drug-likeness (QED) is 0.671. The first-order chi connectivity index (χ1) is 6.74. The Morgan fingerprint density at radius 2 is 2.43 bits per heavy atom. The van der Waals surface area contributed by atoms with Gasteiger partial charge in [-0.2, -0.15) is 0 Å². The predicted octanol–water partition coefficient (Wildman–Crippen LogP) is 0.403. The van der Waals surface area contributed by atoms with Gasteiger partial charge in [0.25, 0.3) is 0 Å². The van der Waals surface area contributed by atoms with Crippen molar-refractivity contribution in [1.82, 2.24) is 15.0 Å². The zero-order valence-corrected chi connectivity index (χ0v) is 8.01. The number of aromatic carboxylic acids is 1. The van der Waals surface area contributed by atoms with Crippen LogP contribution in [-0.4, -0.2) is 39.8 Å². The lowest BCUT2D eigenvalue weighted by Gasteiger charge is -1.98. The molecule has 6 nitrogen and oxygen atoms in total. The van der Waals surface area contributed by atoms with E-state index in [4.69, 9.17) is 9.84 Å². The van der Waals surface area contributed by atoms with Crippen LogP contribution in [0.3, 0.4) is 0 Å². The Morgan fingerprint density at radius 3 is 3.00 bits per heavy atom. The van der Waals surface area contributed by atoms with Crippen molar-refractivity contribution in [2.24, 2.45) is 0 Å². The maximum Gasteiger partial charge on any atom is 0.358 e. The molecule has 6 heteroatoms. The average molecular weight is 199 g/mol. The van der Waals surface area contributed by atoms with Crippen LogP contribution in [0.15, 0.2) is 6.20 Å². The number of carbonyl (C=O) groups is 1. The van der Waals surface area contributed by atoms with Gasteiger partial charge >= 0.3 is 5.97 Å². The maximum atomic E-state index is 10.5. The summed E-state index contributed by atoms with van der Waals surface area (Å²) in [7, 11) is 1.65. The van der Waals surface area contributed by atoms with Gasteiger partial charge in [-0.3, -0.25) is 4.68 Å². The largest absolute Gasteiger partial charge is 0.476 e. The molecule has 1 aromatic heterocycles. The van der Waals surface area contributed by atoms with E-state index in [0.717, 1.165) is 12.8 Å². The Morgan fingerprint density at radius 1 is 1.64 bits per heavy atom. The molecule has 0 saturated heterocycles. The number of ether oxygens (including phenoxy) is 1. The van der Waals surface area contributed by atoms with Crippen LogP contribution in [0.2, 0.25) is 0 Å². The molecule has 0 fully saturated rings. The minimum absolute atomic E-state index is 0.0169. The van der Waals surface area contributed by atoms with Crippen molar-refractivity contribution in [2.45, 2.75) is 19.4 Å². The number of carboxylic acids is 1. The number of aromatic nitrogens is 3. The molecule has 0 atom stereocenters. The topological polar surface area (TPSA) is 77.2 Å². The van der Waals surface area contributed by atoms with Crippen molar-refractivity contribution in [3.05, 3.63) is 11.9 Å². The van der Waals surface area contributed by atoms with Gasteiger partial charge in [-0.15, -0.1) is 5.10 Å². The van der Waals surface area contributed by atoms with Crippen molar-refractivity contribution < 1.29 is 14.6 Å². The molecule has 0 spiro atoms. The minimum Gasteiger partial charge on any atom is -0.476 e. The molecule has 14 heavy (non-hydrogen) atoms. The molecule has 0 amide bonds. The van der Waals surface area contributed by atoms with E-state index < -0.39 is 5.97 Å². The number of nitrogens with zero attached hydrogens (tertiary/aromatic N) is 3. The molecular weight excluding hydrogens is 186 g/mol. The average Bonchev–Trinajstić information content (AvgIpc) is 2.61. The van der Waals surface area contributed by atoms with Gasteiger partial charge in [0.05, 0.1) is 6.20 Å². The number of hydrogen-bond donors (Lipinski definition) is 1. The molecule has 0 aliphatic rings. The van der Waals surface area contributed by atoms with Crippen molar-refractivity contribution in [3.63, 3.8) is 0 Å². The second-order valence-electron chi connectivity index (χ2n) is 2.87. The molecule has 0 saturated carbocycles. The summed E-state index contributed by atoms with van der Waals surface area (Å²) in [5.74, 6) is -1.05. The van der Waals surface area contributed by atoms with Crippen LogP contribution in [0.25, 0.3) is 0 Å². The van der Waals surface area contributed by atoms with Gasteiger partial charge in [0.1, 0.15) is 0 Å². The second-order valence-corrected chi connectivity index (χ2v) is 2.87. The Hall–Kier alpha value is -1.43. The molecule has 0 bridgehead atoms. The second kappa shape index (κ2) is 5.33. The van der Waals surface area contributed by atoms with Gasteiger partial charge in [0.2, 0.25) is 0 Å². The smallest absolute Gasteiger partial charge is 0.358 e. The molecule has 1 rings (SSSR count). The molecule has 1 N–H and O–H groups in total. The minimum atomic E-state index is -1.05. The predicted molar refractivity (Wildman–Crippen MR) is 48.1 cm³/mol.